The molecular weight excluding hydrogens is 293 g/mol. The average molecular weight is 310 g/mol. The average Bonchev–Trinajstić information content (AvgIpc) is 2.33. The predicted octanol–water partition coefficient (Wildman–Crippen LogP) is 2.34. The van der Waals surface area contributed by atoms with Gasteiger partial charge in [-0.1, -0.05) is 12.1 Å². The van der Waals surface area contributed by atoms with E-state index in [9.17, 15) is 21.6 Å². The van der Waals surface area contributed by atoms with Crippen LogP contribution in [0.3, 0.4) is 0 Å². The molecule has 0 saturated carbocycles. The van der Waals surface area contributed by atoms with Crippen LogP contribution >= 0.6 is 0 Å². The highest BCUT2D eigenvalue weighted by Gasteiger charge is 2.47. The number of nitrogens with one attached hydrogen (secondary N) is 1. The van der Waals surface area contributed by atoms with Gasteiger partial charge in [-0.3, -0.25) is 0 Å². The Bertz CT molecular complexity index is 542. The quantitative estimate of drug-likeness (QED) is 0.820. The Morgan fingerprint density at radius 1 is 1.20 bits per heavy atom. The summed E-state index contributed by atoms with van der Waals surface area (Å²) in [5.41, 5.74) is -5.32. The summed E-state index contributed by atoms with van der Waals surface area (Å²) in [7, 11) is -1.58. The Morgan fingerprint density at radius 3 is 2.35 bits per heavy atom. The lowest BCUT2D eigenvalue weighted by Gasteiger charge is -2.15. The molecule has 1 N–H and O–H groups in total. The fraction of sp³-hybridized carbons (Fsp3) is 0.500. The van der Waals surface area contributed by atoms with E-state index in [2.05, 4.69) is 5.32 Å². The number of hydrogen-bond acceptors (Lipinski definition) is 4. The zero-order valence-corrected chi connectivity index (χ0v) is 12.1. The summed E-state index contributed by atoms with van der Waals surface area (Å²) in [5, 5.41) is 2.74. The molecule has 1 aromatic carbocycles. The Kier molecular flexibility index (Phi) is 5.41. The van der Waals surface area contributed by atoms with Gasteiger partial charge in [-0.05, 0) is 39.2 Å². The van der Waals surface area contributed by atoms with E-state index in [1.54, 1.807) is 0 Å². The topological polar surface area (TPSA) is 49.4 Å². The van der Waals surface area contributed by atoms with Gasteiger partial charge in [0.1, 0.15) is 0 Å². The zero-order valence-electron chi connectivity index (χ0n) is 11.2. The van der Waals surface area contributed by atoms with Crippen molar-refractivity contribution in [1.29, 1.82) is 0 Å². The minimum Gasteiger partial charge on any atom is -0.384 e. The number of nitrogens with zero attached hydrogens (tertiary/aromatic N) is 1. The maximum absolute atomic E-state index is 12.6. The molecule has 0 saturated heterocycles. The van der Waals surface area contributed by atoms with Crippen molar-refractivity contribution in [2.24, 2.45) is 0 Å². The van der Waals surface area contributed by atoms with Crippen LogP contribution in [0.5, 0.6) is 0 Å². The number of anilines is 1. The molecule has 0 unspecified atom stereocenters. The fourth-order valence-corrected chi connectivity index (χ4v) is 2.53. The minimum absolute atomic E-state index is 0.0245. The fourth-order valence-electron chi connectivity index (χ4n) is 1.59. The van der Waals surface area contributed by atoms with Crippen molar-refractivity contribution in [3.63, 3.8) is 0 Å². The molecule has 0 aliphatic heterocycles. The third-order valence-corrected chi connectivity index (χ3v) is 4.12. The van der Waals surface area contributed by atoms with Crippen molar-refractivity contribution < 1.29 is 21.6 Å². The third-order valence-electron chi connectivity index (χ3n) is 2.58. The number of para-hydroxylation sites is 1. The van der Waals surface area contributed by atoms with E-state index in [1.165, 1.54) is 18.2 Å². The second-order valence-electron chi connectivity index (χ2n) is 4.53. The summed E-state index contributed by atoms with van der Waals surface area (Å²) in [6, 6.07) is 5.04. The van der Waals surface area contributed by atoms with Gasteiger partial charge in [0.2, 0.25) is 0 Å². The molecule has 4 nitrogen and oxygen atoms in total. The lowest BCUT2D eigenvalue weighted by Crippen LogP contribution is -2.24. The van der Waals surface area contributed by atoms with Crippen LogP contribution < -0.4 is 5.32 Å². The number of hydrogen-bond donors (Lipinski definition) is 1. The molecule has 0 bridgehead atoms. The Balaban J connectivity index is 2.90. The van der Waals surface area contributed by atoms with E-state index in [0.29, 0.717) is 13.0 Å². The van der Waals surface area contributed by atoms with Gasteiger partial charge in [0.25, 0.3) is 9.84 Å². The number of sulfone groups is 1. The summed E-state index contributed by atoms with van der Waals surface area (Å²) in [6.07, 6.45) is 0.688. The van der Waals surface area contributed by atoms with E-state index in [-0.39, 0.29) is 5.69 Å². The molecule has 114 valence electrons. The van der Waals surface area contributed by atoms with Crippen LogP contribution in [0, 0.1) is 0 Å². The Hall–Kier alpha value is -1.28. The van der Waals surface area contributed by atoms with Gasteiger partial charge in [0.05, 0.1) is 10.6 Å². The first-order valence-electron chi connectivity index (χ1n) is 5.95. The van der Waals surface area contributed by atoms with E-state index in [4.69, 9.17) is 0 Å². The van der Waals surface area contributed by atoms with Gasteiger partial charge in [-0.25, -0.2) is 8.42 Å². The number of rotatable bonds is 6. The van der Waals surface area contributed by atoms with Crippen LogP contribution in [0.25, 0.3) is 0 Å². The summed E-state index contributed by atoms with van der Waals surface area (Å²) in [4.78, 5) is 1.19. The van der Waals surface area contributed by atoms with Gasteiger partial charge in [0, 0.05) is 6.54 Å². The largest absolute Gasteiger partial charge is 0.501 e. The smallest absolute Gasteiger partial charge is 0.384 e. The predicted molar refractivity (Wildman–Crippen MR) is 71.3 cm³/mol. The molecule has 0 aliphatic rings. The summed E-state index contributed by atoms with van der Waals surface area (Å²) < 4.78 is 60.6. The summed E-state index contributed by atoms with van der Waals surface area (Å²) in [5.74, 6) is 0. The lowest BCUT2D eigenvalue weighted by molar-refractivity contribution is -0.0435. The highest BCUT2D eigenvalue weighted by atomic mass is 32.2. The molecule has 8 heteroatoms. The first-order chi connectivity index (χ1) is 9.16. The zero-order chi connectivity index (χ0) is 15.4. The standard InChI is InChI=1S/C12H17F3N2O2S/c1-17(2)9-5-8-16-10-6-3-4-7-11(10)20(18,19)12(13,14)15/h3-4,6-7,16H,5,8-9H2,1-2H3. The molecule has 1 rings (SSSR count). The van der Waals surface area contributed by atoms with Gasteiger partial charge in [0.15, 0.2) is 0 Å². The van der Waals surface area contributed by atoms with E-state index < -0.39 is 20.2 Å². The summed E-state index contributed by atoms with van der Waals surface area (Å²) >= 11 is 0. The van der Waals surface area contributed by atoms with Gasteiger partial charge < -0.3 is 10.2 Å². The molecule has 20 heavy (non-hydrogen) atoms. The molecule has 1 aromatic rings. The van der Waals surface area contributed by atoms with Crippen LogP contribution in [0.15, 0.2) is 29.2 Å². The number of halogens is 3. The SMILES string of the molecule is CN(C)CCCNc1ccccc1S(=O)(=O)C(F)(F)F. The van der Waals surface area contributed by atoms with E-state index in [1.807, 2.05) is 19.0 Å². The highest BCUT2D eigenvalue weighted by molar-refractivity contribution is 7.92. The molecular formula is C12H17F3N2O2S. The van der Waals surface area contributed by atoms with Crippen molar-refractivity contribution in [3.8, 4) is 0 Å². The molecule has 0 aliphatic carbocycles. The van der Waals surface area contributed by atoms with Crippen molar-refractivity contribution in [1.82, 2.24) is 4.90 Å². The minimum atomic E-state index is -5.33. The van der Waals surface area contributed by atoms with Crippen molar-refractivity contribution in [2.45, 2.75) is 16.8 Å². The highest BCUT2D eigenvalue weighted by Crippen LogP contribution is 2.34. The number of benzene rings is 1. The maximum atomic E-state index is 12.6. The third kappa shape index (κ3) is 4.11. The van der Waals surface area contributed by atoms with Crippen molar-refractivity contribution in [2.75, 3.05) is 32.5 Å². The lowest BCUT2D eigenvalue weighted by atomic mass is 10.3. The van der Waals surface area contributed by atoms with Crippen molar-refractivity contribution >= 4 is 15.5 Å². The molecule has 0 aromatic heterocycles. The first kappa shape index (κ1) is 16.8. The first-order valence-corrected chi connectivity index (χ1v) is 7.43. The molecule has 0 heterocycles. The molecule has 0 spiro atoms. The van der Waals surface area contributed by atoms with Crippen LogP contribution in [-0.2, 0) is 9.84 Å². The second kappa shape index (κ2) is 6.45. The van der Waals surface area contributed by atoms with Crippen LogP contribution in [0.1, 0.15) is 6.42 Å². The van der Waals surface area contributed by atoms with Gasteiger partial charge in [-0.2, -0.15) is 13.2 Å². The Labute approximate surface area is 116 Å². The Morgan fingerprint density at radius 2 is 1.80 bits per heavy atom. The molecule has 0 radical (unpaired) electrons. The van der Waals surface area contributed by atoms with E-state index >= 15 is 0 Å². The van der Waals surface area contributed by atoms with Gasteiger partial charge >= 0.3 is 5.51 Å². The van der Waals surface area contributed by atoms with Crippen LogP contribution in [-0.4, -0.2) is 46.0 Å². The second-order valence-corrected chi connectivity index (χ2v) is 6.44. The van der Waals surface area contributed by atoms with Crippen LogP contribution in [0.4, 0.5) is 18.9 Å². The van der Waals surface area contributed by atoms with Crippen LogP contribution in [0.2, 0.25) is 0 Å². The van der Waals surface area contributed by atoms with Gasteiger partial charge in [-0.15, -0.1) is 0 Å². The molecule has 0 fully saturated rings. The maximum Gasteiger partial charge on any atom is 0.501 e. The summed E-state index contributed by atoms with van der Waals surface area (Å²) in [6.45, 7) is 1.14. The number of alkyl halides is 3. The molecule has 0 atom stereocenters. The normalized spacial score (nSPS) is 12.7. The van der Waals surface area contributed by atoms with E-state index in [0.717, 1.165) is 12.6 Å². The van der Waals surface area contributed by atoms with Crippen molar-refractivity contribution in [3.05, 3.63) is 24.3 Å². The molecule has 0 amide bonds. The monoisotopic (exact) mass is 310 g/mol.